The summed E-state index contributed by atoms with van der Waals surface area (Å²) in [6.07, 6.45) is 3.16. The number of pyridine rings is 1. The van der Waals surface area contributed by atoms with Gasteiger partial charge in [0.15, 0.2) is 0 Å². The van der Waals surface area contributed by atoms with Crippen LogP contribution in [0.2, 0.25) is 0 Å². The maximum Gasteiger partial charge on any atom is 0.407 e. The first-order valence-corrected chi connectivity index (χ1v) is 7.35. The molecule has 0 aliphatic heterocycles. The minimum Gasteiger partial charge on any atom is -0.444 e. The van der Waals surface area contributed by atoms with Crippen molar-refractivity contribution in [2.45, 2.75) is 45.9 Å². The molecule has 1 heterocycles. The summed E-state index contributed by atoms with van der Waals surface area (Å²) >= 11 is 3.38. The predicted molar refractivity (Wildman–Crippen MR) is 82.5 cm³/mol. The van der Waals surface area contributed by atoms with Crippen molar-refractivity contribution < 1.29 is 9.53 Å². The van der Waals surface area contributed by atoms with Crippen molar-refractivity contribution in [1.29, 1.82) is 0 Å². The lowest BCUT2D eigenvalue weighted by Crippen LogP contribution is -2.42. The van der Waals surface area contributed by atoms with Crippen LogP contribution in [0.4, 0.5) is 4.79 Å². The van der Waals surface area contributed by atoms with E-state index in [1.165, 1.54) is 0 Å². The Labute approximate surface area is 128 Å². The summed E-state index contributed by atoms with van der Waals surface area (Å²) in [6.45, 7) is 8.82. The fraction of sp³-hybridized carbons (Fsp3) is 0.571. The van der Waals surface area contributed by atoms with E-state index in [2.05, 4.69) is 31.5 Å². The molecule has 0 saturated carbocycles. The Morgan fingerprint density at radius 1 is 1.45 bits per heavy atom. The van der Waals surface area contributed by atoms with Gasteiger partial charge in [0.05, 0.1) is 0 Å². The third kappa shape index (κ3) is 7.45. The minimum absolute atomic E-state index is 0.00929. The van der Waals surface area contributed by atoms with Crippen LogP contribution in [0.5, 0.6) is 0 Å². The highest BCUT2D eigenvalue weighted by Crippen LogP contribution is 2.09. The molecule has 5 nitrogen and oxygen atoms in total. The van der Waals surface area contributed by atoms with Crippen LogP contribution in [0.15, 0.2) is 22.9 Å². The van der Waals surface area contributed by atoms with Gasteiger partial charge in [-0.25, -0.2) is 4.79 Å². The highest BCUT2D eigenvalue weighted by molar-refractivity contribution is 9.10. The van der Waals surface area contributed by atoms with Crippen LogP contribution in [0.25, 0.3) is 0 Å². The zero-order valence-corrected chi connectivity index (χ0v) is 14.0. The molecule has 0 fully saturated rings. The van der Waals surface area contributed by atoms with Gasteiger partial charge in [-0.1, -0.05) is 0 Å². The van der Waals surface area contributed by atoms with Crippen LogP contribution >= 0.6 is 15.9 Å². The van der Waals surface area contributed by atoms with Gasteiger partial charge in [0.1, 0.15) is 5.60 Å². The molecule has 1 unspecified atom stereocenters. The standard InChI is InChI=1S/C14H22BrN3O2/c1-10(18-13(19)20-14(2,3)4)6-16-7-11-5-12(15)9-17-8-11/h5,8-10,16H,6-7H2,1-4H3,(H,18,19). The predicted octanol–water partition coefficient (Wildman–Crippen LogP) is 2.85. The van der Waals surface area contributed by atoms with Crippen molar-refractivity contribution in [3.8, 4) is 0 Å². The maximum absolute atomic E-state index is 11.6. The molecular weight excluding hydrogens is 322 g/mol. The molecule has 0 aliphatic carbocycles. The van der Waals surface area contributed by atoms with Gasteiger partial charge in [0.2, 0.25) is 0 Å². The Balaban J connectivity index is 2.26. The molecule has 1 aromatic rings. The minimum atomic E-state index is -0.473. The number of carbonyl (C=O) groups excluding carboxylic acids is 1. The fourth-order valence-electron chi connectivity index (χ4n) is 1.55. The second-order valence-electron chi connectivity index (χ2n) is 5.69. The van der Waals surface area contributed by atoms with Crippen LogP contribution in [-0.4, -0.2) is 29.3 Å². The summed E-state index contributed by atoms with van der Waals surface area (Å²) in [7, 11) is 0. The molecule has 20 heavy (non-hydrogen) atoms. The van der Waals surface area contributed by atoms with Gasteiger partial charge in [0.25, 0.3) is 0 Å². The van der Waals surface area contributed by atoms with Crippen molar-refractivity contribution in [2.75, 3.05) is 6.54 Å². The summed E-state index contributed by atoms with van der Waals surface area (Å²) < 4.78 is 6.15. The molecule has 0 spiro atoms. The van der Waals surface area contributed by atoms with Crippen LogP contribution in [0.1, 0.15) is 33.3 Å². The highest BCUT2D eigenvalue weighted by Gasteiger charge is 2.17. The molecule has 1 atom stereocenters. The number of nitrogens with zero attached hydrogens (tertiary/aromatic N) is 1. The molecule has 0 bridgehead atoms. The Bertz CT molecular complexity index is 446. The van der Waals surface area contributed by atoms with Gasteiger partial charge >= 0.3 is 6.09 Å². The average molecular weight is 344 g/mol. The molecule has 6 heteroatoms. The number of alkyl carbamates (subject to hydrolysis) is 1. The monoisotopic (exact) mass is 343 g/mol. The molecule has 2 N–H and O–H groups in total. The van der Waals surface area contributed by atoms with Crippen molar-refractivity contribution >= 4 is 22.0 Å². The molecule has 0 saturated heterocycles. The number of carbonyl (C=O) groups is 1. The summed E-state index contributed by atoms with van der Waals surface area (Å²) in [5, 5.41) is 6.05. The second kappa shape index (κ2) is 7.59. The van der Waals surface area contributed by atoms with Crippen LogP contribution in [-0.2, 0) is 11.3 Å². The first kappa shape index (κ1) is 16.9. The maximum atomic E-state index is 11.6. The number of ether oxygens (including phenoxy) is 1. The van der Waals surface area contributed by atoms with Gasteiger partial charge in [-0.05, 0) is 55.3 Å². The van der Waals surface area contributed by atoms with E-state index in [0.29, 0.717) is 13.1 Å². The largest absolute Gasteiger partial charge is 0.444 e. The van der Waals surface area contributed by atoms with Gasteiger partial charge < -0.3 is 15.4 Å². The number of aromatic nitrogens is 1. The first-order valence-electron chi connectivity index (χ1n) is 6.56. The lowest BCUT2D eigenvalue weighted by atomic mass is 10.2. The van der Waals surface area contributed by atoms with Crippen molar-refractivity contribution in [1.82, 2.24) is 15.6 Å². The molecule has 1 aromatic heterocycles. The third-order valence-electron chi connectivity index (χ3n) is 2.30. The van der Waals surface area contributed by atoms with E-state index in [9.17, 15) is 4.79 Å². The molecule has 0 radical (unpaired) electrons. The molecule has 0 aromatic carbocycles. The van der Waals surface area contributed by atoms with E-state index in [-0.39, 0.29) is 6.04 Å². The van der Waals surface area contributed by atoms with E-state index in [4.69, 9.17) is 4.74 Å². The van der Waals surface area contributed by atoms with Gasteiger partial charge in [-0.3, -0.25) is 4.98 Å². The quantitative estimate of drug-likeness (QED) is 0.862. The van der Waals surface area contributed by atoms with Crippen molar-refractivity contribution in [3.63, 3.8) is 0 Å². The molecule has 0 aliphatic rings. The first-order chi connectivity index (χ1) is 9.26. The zero-order valence-electron chi connectivity index (χ0n) is 12.4. The summed E-state index contributed by atoms with van der Waals surface area (Å²) in [6, 6.07) is 2.00. The average Bonchev–Trinajstić information content (AvgIpc) is 2.25. The van der Waals surface area contributed by atoms with Crippen molar-refractivity contribution in [3.05, 3.63) is 28.5 Å². The Kier molecular flexibility index (Phi) is 6.42. The smallest absolute Gasteiger partial charge is 0.407 e. The van der Waals surface area contributed by atoms with Gasteiger partial charge in [-0.15, -0.1) is 0 Å². The summed E-state index contributed by atoms with van der Waals surface area (Å²) in [5.74, 6) is 0. The van der Waals surface area contributed by atoms with E-state index in [1.54, 1.807) is 6.20 Å². The van der Waals surface area contributed by atoms with E-state index >= 15 is 0 Å². The molecule has 1 amide bonds. The fourth-order valence-corrected chi connectivity index (χ4v) is 1.96. The summed E-state index contributed by atoms with van der Waals surface area (Å²) in [4.78, 5) is 15.7. The van der Waals surface area contributed by atoms with Crippen LogP contribution in [0.3, 0.4) is 0 Å². The number of amides is 1. The van der Waals surface area contributed by atoms with Crippen LogP contribution in [0, 0.1) is 0 Å². The topological polar surface area (TPSA) is 63.2 Å². The molecular formula is C14H22BrN3O2. The Hall–Kier alpha value is -1.14. The lowest BCUT2D eigenvalue weighted by molar-refractivity contribution is 0.0508. The number of nitrogens with one attached hydrogen (secondary N) is 2. The number of hydrogen-bond donors (Lipinski definition) is 2. The zero-order chi connectivity index (χ0) is 15.2. The number of hydrogen-bond acceptors (Lipinski definition) is 4. The van der Waals surface area contributed by atoms with Gasteiger partial charge in [0, 0.05) is 36.0 Å². The molecule has 112 valence electrons. The molecule has 1 rings (SSSR count). The van der Waals surface area contributed by atoms with E-state index < -0.39 is 11.7 Å². The van der Waals surface area contributed by atoms with Crippen LogP contribution < -0.4 is 10.6 Å². The lowest BCUT2D eigenvalue weighted by Gasteiger charge is -2.22. The summed E-state index contributed by atoms with van der Waals surface area (Å²) in [5.41, 5.74) is 0.614. The normalized spacial score (nSPS) is 12.8. The van der Waals surface area contributed by atoms with E-state index in [1.807, 2.05) is 40.0 Å². The highest BCUT2D eigenvalue weighted by atomic mass is 79.9. The number of halogens is 1. The second-order valence-corrected chi connectivity index (χ2v) is 6.61. The SMILES string of the molecule is CC(CNCc1cncc(Br)c1)NC(=O)OC(C)(C)C. The van der Waals surface area contributed by atoms with Gasteiger partial charge in [-0.2, -0.15) is 0 Å². The third-order valence-corrected chi connectivity index (χ3v) is 2.74. The Morgan fingerprint density at radius 3 is 2.75 bits per heavy atom. The number of rotatable bonds is 5. The van der Waals surface area contributed by atoms with Crippen molar-refractivity contribution in [2.24, 2.45) is 0 Å². The Morgan fingerprint density at radius 2 is 2.15 bits per heavy atom. The van der Waals surface area contributed by atoms with E-state index in [0.717, 1.165) is 10.0 Å².